The van der Waals surface area contributed by atoms with Crippen molar-refractivity contribution in [3.05, 3.63) is 228 Å². The van der Waals surface area contributed by atoms with Gasteiger partial charge in [-0.15, -0.1) is 0 Å². The van der Waals surface area contributed by atoms with Crippen LogP contribution in [0.5, 0.6) is 0 Å². The van der Waals surface area contributed by atoms with E-state index < -0.39 is 24.0 Å². The fourth-order valence-electron chi connectivity index (χ4n) is 8.86. The third-order valence-electron chi connectivity index (χ3n) is 11.4. The van der Waals surface area contributed by atoms with Gasteiger partial charge < -0.3 is 0 Å². The van der Waals surface area contributed by atoms with Gasteiger partial charge in [-0.05, 0) is 0 Å². The van der Waals surface area contributed by atoms with E-state index in [2.05, 4.69) is 129 Å². The molecule has 0 bridgehead atoms. The minimum atomic E-state index is -4.65. The van der Waals surface area contributed by atoms with Crippen molar-refractivity contribution in [2.45, 2.75) is 52.4 Å². The molecular weight excluding hydrogens is 882 g/mol. The van der Waals surface area contributed by atoms with Crippen LogP contribution >= 0.6 is 0 Å². The summed E-state index contributed by atoms with van der Waals surface area (Å²) < 4.78 is 47.3. The molecule has 4 nitrogen and oxygen atoms in total. The molecule has 0 aromatic heterocycles. The van der Waals surface area contributed by atoms with Crippen molar-refractivity contribution in [1.82, 2.24) is 0 Å². The van der Waals surface area contributed by atoms with Crippen LogP contribution in [0.1, 0.15) is 74.6 Å². The van der Waals surface area contributed by atoms with Gasteiger partial charge in [0, 0.05) is 0 Å². The fraction of sp³-hybridized carbons (Fsp3) is 0.173. The molecule has 0 N–H and O–H groups in total. The zero-order chi connectivity index (χ0) is 40.6. The number of rotatable bonds is 9. The number of halogens is 1. The molecule has 59 heavy (non-hydrogen) atoms. The van der Waals surface area contributed by atoms with Gasteiger partial charge in [-0.1, -0.05) is 0 Å². The molecule has 1 atom stereocenters. The maximum atomic E-state index is 12.3. The third kappa shape index (κ3) is 8.90. The van der Waals surface area contributed by atoms with E-state index in [1.165, 1.54) is 47.9 Å². The number of hydrogen-bond acceptors (Lipinski definition) is 4. The van der Waals surface area contributed by atoms with Crippen LogP contribution in [0.15, 0.2) is 206 Å². The van der Waals surface area contributed by atoms with Crippen molar-refractivity contribution in [3.63, 3.8) is 0 Å². The first-order valence-corrected chi connectivity index (χ1v) is 25.5. The molecule has 4 aromatic rings. The monoisotopic (exact) mass is 928 g/mol. The summed E-state index contributed by atoms with van der Waals surface area (Å²) in [6, 6.07) is 41.6. The van der Waals surface area contributed by atoms with Crippen LogP contribution in [0.4, 0.5) is 0 Å². The molecule has 0 fully saturated rings. The van der Waals surface area contributed by atoms with E-state index in [-0.39, 0.29) is 20.4 Å². The average molecular weight is 927 g/mol. The topological polar surface area (TPSA) is 78.4 Å². The van der Waals surface area contributed by atoms with Crippen molar-refractivity contribution in [3.8, 4) is 0 Å². The number of fused-ring (bicyclic) bond motifs is 1. The summed E-state index contributed by atoms with van der Waals surface area (Å²) >= 11 is -2.55. The molecule has 7 heteroatoms. The van der Waals surface area contributed by atoms with Crippen molar-refractivity contribution in [1.29, 1.82) is 0 Å². The molecule has 2 aliphatic heterocycles. The molecule has 0 saturated heterocycles. The van der Waals surface area contributed by atoms with Crippen LogP contribution in [0.3, 0.4) is 0 Å². The van der Waals surface area contributed by atoms with Crippen LogP contribution in [0, 0.1) is 15.7 Å². The van der Waals surface area contributed by atoms with Crippen LogP contribution in [0.2, 0.25) is 0 Å². The van der Waals surface area contributed by atoms with Gasteiger partial charge in [0.2, 0.25) is 0 Å². The molecule has 1 unspecified atom stereocenters. The summed E-state index contributed by atoms with van der Waals surface area (Å²) in [6.07, 6.45) is 21.5. The van der Waals surface area contributed by atoms with E-state index in [0.717, 1.165) is 75.3 Å². The molecule has 5 aliphatic rings. The zero-order valence-electron chi connectivity index (χ0n) is 33.2. The Hall–Kier alpha value is -4.42. The SMILES string of the molecule is CC1(C)CC(/C=C/C2=C3[Se]C(c4ccccc4)=CC(c4ccccc4)=C3CC2)=CC(=C/C=C2\CCC3=C2[Se](O[Cl+3]([O-])([O-])[O-])=C(c2ccccc2)C=C3c2ccccc2)/C1. The Kier molecular flexibility index (Phi) is 11.5. The van der Waals surface area contributed by atoms with E-state index in [0.29, 0.717) is 0 Å². The van der Waals surface area contributed by atoms with Crippen molar-refractivity contribution >= 4 is 48.8 Å². The molecule has 296 valence electrons. The Balaban J connectivity index is 1.08. The van der Waals surface area contributed by atoms with E-state index in [1.807, 2.05) is 48.5 Å². The summed E-state index contributed by atoms with van der Waals surface area (Å²) in [5.41, 5.74) is 14.6. The van der Waals surface area contributed by atoms with Crippen molar-refractivity contribution in [2.24, 2.45) is 5.41 Å². The van der Waals surface area contributed by atoms with Gasteiger partial charge in [0.05, 0.1) is 0 Å². The summed E-state index contributed by atoms with van der Waals surface area (Å²) in [4.78, 5) is 0. The van der Waals surface area contributed by atoms with Crippen LogP contribution < -0.4 is 14.0 Å². The van der Waals surface area contributed by atoms with E-state index >= 15 is 0 Å². The quantitative estimate of drug-likeness (QED) is 0.157. The molecular formula is C52H45ClO4Se2. The number of benzene rings is 4. The molecule has 2 heterocycles. The van der Waals surface area contributed by atoms with Gasteiger partial charge in [-0.2, -0.15) is 0 Å². The van der Waals surface area contributed by atoms with Gasteiger partial charge >= 0.3 is 363 Å². The number of allylic oxidation sites excluding steroid dienone is 17. The Bertz CT molecular complexity index is 2620. The second-order valence-electron chi connectivity index (χ2n) is 16.3. The second kappa shape index (κ2) is 16.9. The molecule has 0 spiro atoms. The van der Waals surface area contributed by atoms with Gasteiger partial charge in [-0.3, -0.25) is 0 Å². The van der Waals surface area contributed by atoms with E-state index in [1.54, 1.807) is 0 Å². The Morgan fingerprint density at radius 3 is 1.90 bits per heavy atom. The maximum absolute atomic E-state index is 12.3. The van der Waals surface area contributed by atoms with Crippen LogP contribution in [0.25, 0.3) is 15.6 Å². The van der Waals surface area contributed by atoms with Gasteiger partial charge in [-0.25, -0.2) is 0 Å². The van der Waals surface area contributed by atoms with Crippen LogP contribution in [-0.4, -0.2) is 33.2 Å². The Labute approximate surface area is 360 Å². The summed E-state index contributed by atoms with van der Waals surface area (Å²) in [5, 5.41) is 0. The zero-order valence-corrected chi connectivity index (χ0v) is 37.3. The summed E-state index contributed by atoms with van der Waals surface area (Å²) in [5.74, 6) is 0. The van der Waals surface area contributed by atoms with Crippen molar-refractivity contribution in [2.75, 3.05) is 0 Å². The predicted molar refractivity (Wildman–Crippen MR) is 234 cm³/mol. The van der Waals surface area contributed by atoms with Crippen molar-refractivity contribution < 1.29 is 27.6 Å². The molecule has 4 aromatic carbocycles. The van der Waals surface area contributed by atoms with Gasteiger partial charge in [0.15, 0.2) is 0 Å². The first-order valence-electron chi connectivity index (χ1n) is 20.1. The molecule has 9 rings (SSSR count). The normalized spacial score (nSPS) is 21.9. The van der Waals surface area contributed by atoms with Crippen LogP contribution in [-0.2, 0) is 3.37 Å². The molecule has 0 radical (unpaired) electrons. The first-order chi connectivity index (χ1) is 28.6. The Morgan fingerprint density at radius 1 is 0.627 bits per heavy atom. The minimum absolute atomic E-state index is 0.0627. The molecule has 0 saturated carbocycles. The third-order valence-corrected chi connectivity index (χ3v) is 19.5. The predicted octanol–water partition coefficient (Wildman–Crippen LogP) is 8.84. The summed E-state index contributed by atoms with van der Waals surface area (Å²) in [6.45, 7) is 4.67. The first kappa shape index (κ1) is 40.0. The van der Waals surface area contributed by atoms with Gasteiger partial charge in [0.25, 0.3) is 0 Å². The molecule has 0 amide bonds. The van der Waals surface area contributed by atoms with E-state index in [9.17, 15) is 14.0 Å². The fourth-order valence-corrected chi connectivity index (χ4v) is 17.1. The standard InChI is InChI=1S/C52H45ClO4Se2/c1-52(2)34-36(23-25-42-27-29-44-46(38-15-7-3-8-16-38)32-48(58-50(42)44)40-19-11-5-12-20-40)31-37(35-52)24-26-43-28-30-45-47(39-17-9-4-10-18-39)33-49(41-21-13-6-14-22-41)59(51(43)45)57-53(54,55)56/h3-26,31-33H,27-30,34-35H2,1-2H3/b25-23+,37-24-,43-26+. The Morgan fingerprint density at radius 2 is 1.24 bits per heavy atom. The average Bonchev–Trinajstić information content (AvgIpc) is 3.87. The van der Waals surface area contributed by atoms with Gasteiger partial charge in [0.1, 0.15) is 0 Å². The number of hydrogen-bond donors (Lipinski definition) is 0. The molecule has 3 aliphatic carbocycles. The summed E-state index contributed by atoms with van der Waals surface area (Å²) in [7, 11) is -4.65. The van der Waals surface area contributed by atoms with E-state index in [4.69, 9.17) is 3.37 Å². The second-order valence-corrected chi connectivity index (χ2v) is 23.1.